The summed E-state index contributed by atoms with van der Waals surface area (Å²) in [7, 11) is 0. The molecule has 31 valence electrons. The van der Waals surface area contributed by atoms with Crippen molar-refractivity contribution >= 4 is 0 Å². The molecule has 0 atom stereocenters. The predicted octanol–water partition coefficient (Wildman–Crippen LogP) is -0.238. The first-order chi connectivity index (χ1) is 2.00. The monoisotopic (exact) mass is 353 g/mol. The van der Waals surface area contributed by atoms with E-state index in [0.29, 0.717) is 38.5 Å². The van der Waals surface area contributed by atoms with E-state index in [9.17, 15) is 0 Å². The van der Waals surface area contributed by atoms with E-state index in [0.717, 1.165) is 0 Å². The van der Waals surface area contributed by atoms with Crippen molar-refractivity contribution in [2.75, 3.05) is 0 Å². The van der Waals surface area contributed by atoms with E-state index in [1.807, 2.05) is 0 Å². The molecular weight excluding hydrogens is 351 g/mol. The molecule has 0 aliphatic heterocycles. The van der Waals surface area contributed by atoms with Gasteiger partial charge in [-0.3, -0.25) is 0 Å². The van der Waals surface area contributed by atoms with Crippen LogP contribution in [0.1, 0.15) is 0 Å². The topological polar surface area (TPSA) is 34.1 Å². The predicted molar refractivity (Wildman–Crippen MR) is 1.37 cm³/mol. The summed E-state index contributed by atoms with van der Waals surface area (Å²) >= 11 is 1.64. The Balaban J connectivity index is 0. The summed E-state index contributed by atoms with van der Waals surface area (Å²) in [6, 6.07) is 0. The van der Waals surface area contributed by atoms with Crippen molar-refractivity contribution in [1.82, 2.24) is 0 Å². The zero-order valence-electron chi connectivity index (χ0n) is 1.50. The van der Waals surface area contributed by atoms with Gasteiger partial charge in [0.05, 0.1) is 0 Å². The van der Waals surface area contributed by atoms with Gasteiger partial charge in [-0.15, -0.1) is 0 Å². The van der Waals surface area contributed by atoms with Gasteiger partial charge >= 0.3 is 76.1 Å². The van der Waals surface area contributed by atoms with Crippen LogP contribution >= 0.6 is 0 Å². The Labute approximate surface area is 74.2 Å². The van der Waals surface area contributed by atoms with Gasteiger partial charge in [0.2, 0.25) is 0 Å². The van der Waals surface area contributed by atoms with E-state index in [1.54, 1.807) is 0 Å². The second-order valence-electron chi connectivity index (χ2n) is 0. The number of hydrogen-bond donors (Lipinski definition) is 0. The summed E-state index contributed by atoms with van der Waals surface area (Å²) in [4.78, 5) is 0. The van der Waals surface area contributed by atoms with E-state index < -0.39 is 0 Å². The standard InChI is InChI=1S/2O.Sm.Tm. The Morgan fingerprint density at radius 1 is 1.25 bits per heavy atom. The molecule has 0 bridgehead atoms. The van der Waals surface area contributed by atoms with Crippen molar-refractivity contribution in [2.24, 2.45) is 0 Å². The van der Waals surface area contributed by atoms with Gasteiger partial charge in [-0.1, -0.05) is 0 Å². The summed E-state index contributed by atoms with van der Waals surface area (Å²) in [5, 5.41) is 0. The molecule has 4 heavy (non-hydrogen) atoms. The minimum atomic E-state index is 0.333. The third-order valence-electron chi connectivity index (χ3n) is 0. The Bertz CT molecular complexity index is 8.00. The molecule has 0 aromatic rings. The molecular formula is O2SmTm. The molecule has 0 aromatic heterocycles. The molecule has 0 unspecified atom stereocenters. The molecule has 0 fully saturated rings. The first-order valence-electron chi connectivity index (χ1n) is 0.280. The van der Waals surface area contributed by atoms with Gasteiger partial charge in [-0.2, -0.15) is 0 Å². The molecule has 4 heteroatoms. The van der Waals surface area contributed by atoms with Crippen LogP contribution in [-0.2, 0) is 2.65 Å². The summed E-state index contributed by atoms with van der Waals surface area (Å²) in [6.45, 7) is 0. The summed E-state index contributed by atoms with van der Waals surface area (Å²) in [5.74, 6) is 0. The number of hydrogen-bond acceptors (Lipinski definition) is 2. The molecule has 0 spiro atoms. The van der Waals surface area contributed by atoms with E-state index >= 15 is 0 Å². The van der Waals surface area contributed by atoms with E-state index in [4.69, 9.17) is 2.65 Å². The average Bonchev–Trinajstić information content (AvgIpc) is 1.50. The zero-order valence-corrected chi connectivity index (χ0v) is 5.90. The first-order valence-corrected chi connectivity index (χ1v) is 2.08. The molecule has 0 saturated heterocycles. The van der Waals surface area contributed by atoms with E-state index in [-0.39, 0.29) is 0 Å². The van der Waals surface area contributed by atoms with Gasteiger partial charge in [0.15, 0.2) is 0 Å². The van der Waals surface area contributed by atoms with Crippen LogP contribution in [0.3, 0.4) is 0 Å². The average molecular weight is 351 g/mol. The van der Waals surface area contributed by atoms with E-state index in [1.165, 1.54) is 35.0 Å². The third-order valence-corrected chi connectivity index (χ3v) is 0. The van der Waals surface area contributed by atoms with Gasteiger partial charge in [-0.25, -0.2) is 0 Å². The normalized spacial score (nSPS) is 2.50. The molecule has 0 saturated carbocycles. The molecule has 0 aromatic carbocycles. The van der Waals surface area contributed by atoms with Crippen LogP contribution in [0.15, 0.2) is 0 Å². The molecule has 0 heterocycles. The molecule has 0 N–H and O–H groups in total. The summed E-state index contributed by atoms with van der Waals surface area (Å²) in [5.41, 5.74) is 0. The first kappa shape index (κ1) is 9.48. The Hall–Kier alpha value is 2.17. The van der Waals surface area contributed by atoms with Crippen LogP contribution in [0.5, 0.6) is 0 Å². The Kier molecular flexibility index (Phi) is 45.3. The maximum atomic E-state index is 8.33. The quantitative estimate of drug-likeness (QED) is 0.604. The zero-order chi connectivity index (χ0) is 4.00. The fourth-order valence-corrected chi connectivity index (χ4v) is 0. The van der Waals surface area contributed by atoms with Crippen molar-refractivity contribution in [1.29, 1.82) is 0 Å². The SMILES string of the molecule is [O]=[Sm].[O]=[Tm]. The van der Waals surface area contributed by atoms with Crippen molar-refractivity contribution in [3.05, 3.63) is 0 Å². The van der Waals surface area contributed by atoms with Gasteiger partial charge in [0.1, 0.15) is 0 Å². The van der Waals surface area contributed by atoms with Crippen LogP contribution in [0.2, 0.25) is 0 Å². The van der Waals surface area contributed by atoms with Crippen molar-refractivity contribution in [3.63, 3.8) is 0 Å². The number of rotatable bonds is 0. The third kappa shape index (κ3) is 8.90. The fraction of sp³-hybridized carbons (Fsp3) is 0. The molecule has 0 aliphatic carbocycles. The summed E-state index contributed by atoms with van der Waals surface area (Å²) in [6.07, 6.45) is 0. The van der Waals surface area contributed by atoms with Gasteiger partial charge in [0.25, 0.3) is 0 Å². The maximum absolute atomic E-state index is 8.33. The van der Waals surface area contributed by atoms with Crippen LogP contribution in [0, 0.1) is 73.5 Å². The van der Waals surface area contributed by atoms with E-state index in [2.05, 4.69) is 0 Å². The van der Waals surface area contributed by atoms with Crippen LogP contribution in [0.4, 0.5) is 0 Å². The molecule has 0 aliphatic rings. The summed E-state index contributed by atoms with van der Waals surface area (Å²) < 4.78 is 16.5. The second kappa shape index (κ2) is 19.1. The molecule has 0 radical (unpaired) electrons. The van der Waals surface area contributed by atoms with Crippen LogP contribution in [0.25, 0.3) is 0 Å². The second-order valence-corrected chi connectivity index (χ2v) is 0. The molecule has 0 amide bonds. The van der Waals surface area contributed by atoms with Gasteiger partial charge in [0, 0.05) is 0 Å². The Morgan fingerprint density at radius 2 is 1.25 bits per heavy atom. The van der Waals surface area contributed by atoms with Gasteiger partial charge in [-0.05, 0) is 0 Å². The molecule has 0 rings (SSSR count). The van der Waals surface area contributed by atoms with Crippen molar-refractivity contribution < 1.29 is 76.1 Å². The van der Waals surface area contributed by atoms with Crippen molar-refractivity contribution in [2.45, 2.75) is 0 Å². The van der Waals surface area contributed by atoms with Crippen LogP contribution < -0.4 is 0 Å². The Morgan fingerprint density at radius 3 is 1.25 bits per heavy atom. The fourth-order valence-electron chi connectivity index (χ4n) is 0. The van der Waals surface area contributed by atoms with Gasteiger partial charge < -0.3 is 0 Å². The molecule has 2 nitrogen and oxygen atoms in total. The minimum absolute atomic E-state index is 0.333. The van der Waals surface area contributed by atoms with Crippen molar-refractivity contribution in [3.8, 4) is 0 Å². The van der Waals surface area contributed by atoms with Crippen LogP contribution in [-0.4, -0.2) is 0 Å².